The van der Waals surface area contributed by atoms with Gasteiger partial charge in [-0.05, 0) is 85.7 Å². The molecule has 0 unspecified atom stereocenters. The summed E-state index contributed by atoms with van der Waals surface area (Å²) in [5.41, 5.74) is 5.29. The summed E-state index contributed by atoms with van der Waals surface area (Å²) >= 11 is 3.64. The highest BCUT2D eigenvalue weighted by Crippen LogP contribution is 2.54. The lowest BCUT2D eigenvalue weighted by molar-refractivity contribution is 0.390. The van der Waals surface area contributed by atoms with E-state index in [-0.39, 0.29) is 17.6 Å². The second kappa shape index (κ2) is 7.19. The topological polar surface area (TPSA) is 40.5 Å². The molecule has 0 bridgehead atoms. The van der Waals surface area contributed by atoms with Gasteiger partial charge in [-0.3, -0.25) is 0 Å². The first-order valence-corrected chi connectivity index (χ1v) is 10.2. The Bertz CT molecular complexity index is 732. The van der Waals surface area contributed by atoms with Gasteiger partial charge in [0.1, 0.15) is 11.5 Å². The van der Waals surface area contributed by atoms with Gasteiger partial charge in [-0.25, -0.2) is 0 Å². The number of rotatable bonds is 3. The largest absolute Gasteiger partial charge is 0.507 e. The van der Waals surface area contributed by atoms with Crippen LogP contribution in [0, 0.1) is 5.92 Å². The van der Waals surface area contributed by atoms with E-state index in [1.807, 2.05) is 0 Å². The smallest absolute Gasteiger partial charge is 0.137 e. The molecule has 0 saturated heterocycles. The third-order valence-corrected chi connectivity index (χ3v) is 7.01. The van der Waals surface area contributed by atoms with Crippen molar-refractivity contribution in [2.75, 3.05) is 0 Å². The standard InChI is InChI=1S/C22H29BrO2/c1-5-14-7-6-8-16-18(14)21(24)19(22(25)20(16)23)17-11-13(4)9-10-15(17)12(2)3/h11,14-15,17,24-25H,2,5-10H2,1,3-4H3/t14-,15+,17-/m1/s1. The van der Waals surface area contributed by atoms with Crippen molar-refractivity contribution in [2.45, 2.75) is 71.1 Å². The zero-order chi connectivity index (χ0) is 18.3. The Labute approximate surface area is 159 Å². The second-order valence-electron chi connectivity index (χ2n) is 7.84. The number of allylic oxidation sites excluding steroid dienone is 3. The van der Waals surface area contributed by atoms with Gasteiger partial charge in [-0.15, -0.1) is 0 Å². The normalized spacial score (nSPS) is 26.1. The Balaban J connectivity index is 2.24. The molecule has 0 aliphatic heterocycles. The Hall–Kier alpha value is -1.22. The first-order valence-electron chi connectivity index (χ1n) is 9.45. The van der Waals surface area contributed by atoms with Crippen LogP contribution in [0.25, 0.3) is 0 Å². The van der Waals surface area contributed by atoms with E-state index < -0.39 is 0 Å². The molecule has 1 aromatic carbocycles. The van der Waals surface area contributed by atoms with Crippen molar-refractivity contribution in [3.05, 3.63) is 45.0 Å². The molecule has 136 valence electrons. The van der Waals surface area contributed by atoms with Crippen LogP contribution in [-0.4, -0.2) is 10.2 Å². The molecule has 2 N–H and O–H groups in total. The molecule has 3 rings (SSSR count). The Morgan fingerprint density at radius 2 is 1.92 bits per heavy atom. The van der Waals surface area contributed by atoms with Crippen LogP contribution in [0.15, 0.2) is 28.3 Å². The van der Waals surface area contributed by atoms with Gasteiger partial charge in [-0.1, -0.05) is 30.7 Å². The van der Waals surface area contributed by atoms with Gasteiger partial charge in [0, 0.05) is 17.0 Å². The molecule has 3 heteroatoms. The zero-order valence-corrected chi connectivity index (χ0v) is 17.1. The lowest BCUT2D eigenvalue weighted by atomic mass is 9.71. The molecule has 2 aliphatic carbocycles. The molecule has 0 radical (unpaired) electrons. The summed E-state index contributed by atoms with van der Waals surface area (Å²) in [5, 5.41) is 22.2. The lowest BCUT2D eigenvalue weighted by Gasteiger charge is -2.34. The highest BCUT2D eigenvalue weighted by atomic mass is 79.9. The lowest BCUT2D eigenvalue weighted by Crippen LogP contribution is -2.19. The number of hydrogen-bond donors (Lipinski definition) is 2. The van der Waals surface area contributed by atoms with Crippen LogP contribution in [0.5, 0.6) is 11.5 Å². The van der Waals surface area contributed by atoms with Crippen LogP contribution < -0.4 is 0 Å². The fourth-order valence-electron chi connectivity index (χ4n) is 4.76. The maximum absolute atomic E-state index is 11.2. The first-order chi connectivity index (χ1) is 11.9. The van der Waals surface area contributed by atoms with Crippen LogP contribution in [-0.2, 0) is 6.42 Å². The summed E-state index contributed by atoms with van der Waals surface area (Å²) in [5.74, 6) is 1.16. The van der Waals surface area contributed by atoms with Gasteiger partial charge >= 0.3 is 0 Å². The summed E-state index contributed by atoms with van der Waals surface area (Å²) in [6, 6.07) is 0. The fraction of sp³-hybridized carbons (Fsp3) is 0.545. The van der Waals surface area contributed by atoms with Gasteiger partial charge in [0.15, 0.2) is 0 Å². The van der Waals surface area contributed by atoms with E-state index in [4.69, 9.17) is 0 Å². The maximum Gasteiger partial charge on any atom is 0.137 e. The zero-order valence-electron chi connectivity index (χ0n) is 15.5. The van der Waals surface area contributed by atoms with Crippen molar-refractivity contribution in [1.82, 2.24) is 0 Å². The molecule has 2 nitrogen and oxygen atoms in total. The minimum Gasteiger partial charge on any atom is -0.507 e. The van der Waals surface area contributed by atoms with Crippen molar-refractivity contribution in [1.29, 1.82) is 0 Å². The van der Waals surface area contributed by atoms with Crippen LogP contribution in [0.1, 0.15) is 81.4 Å². The van der Waals surface area contributed by atoms with E-state index in [0.29, 0.717) is 17.2 Å². The van der Waals surface area contributed by atoms with E-state index in [1.54, 1.807) is 0 Å². The quantitative estimate of drug-likeness (QED) is 0.549. The Morgan fingerprint density at radius 1 is 1.20 bits per heavy atom. The van der Waals surface area contributed by atoms with Gasteiger partial charge < -0.3 is 10.2 Å². The van der Waals surface area contributed by atoms with Gasteiger partial charge in [0.05, 0.1) is 4.47 Å². The minimum absolute atomic E-state index is 0.00715. The third kappa shape index (κ3) is 3.16. The van der Waals surface area contributed by atoms with E-state index in [0.717, 1.165) is 59.7 Å². The molecular formula is C22H29BrO2. The van der Waals surface area contributed by atoms with Crippen molar-refractivity contribution in [3.8, 4) is 11.5 Å². The molecule has 0 aromatic heterocycles. The number of halogens is 1. The number of fused-ring (bicyclic) bond motifs is 1. The molecule has 3 atom stereocenters. The number of aromatic hydroxyl groups is 2. The molecule has 2 aliphatic rings. The molecule has 0 heterocycles. The molecule has 0 saturated carbocycles. The van der Waals surface area contributed by atoms with Crippen molar-refractivity contribution in [2.24, 2.45) is 5.92 Å². The predicted molar refractivity (Wildman–Crippen MR) is 107 cm³/mol. The molecule has 0 fully saturated rings. The minimum atomic E-state index is -0.00715. The highest BCUT2D eigenvalue weighted by molar-refractivity contribution is 9.10. The van der Waals surface area contributed by atoms with Crippen molar-refractivity contribution < 1.29 is 10.2 Å². The summed E-state index contributed by atoms with van der Waals surface area (Å²) in [6.45, 7) is 10.6. The van der Waals surface area contributed by atoms with Crippen molar-refractivity contribution in [3.63, 3.8) is 0 Å². The number of hydrogen-bond acceptors (Lipinski definition) is 2. The van der Waals surface area contributed by atoms with Crippen LogP contribution >= 0.6 is 15.9 Å². The monoisotopic (exact) mass is 404 g/mol. The molecule has 25 heavy (non-hydrogen) atoms. The summed E-state index contributed by atoms with van der Waals surface area (Å²) in [6.07, 6.45) is 8.45. The van der Waals surface area contributed by atoms with Crippen molar-refractivity contribution >= 4 is 15.9 Å². The highest BCUT2D eigenvalue weighted by Gasteiger charge is 2.35. The van der Waals surface area contributed by atoms with Crippen LogP contribution in [0.2, 0.25) is 0 Å². The number of benzene rings is 1. The molecule has 0 spiro atoms. The van der Waals surface area contributed by atoms with E-state index in [9.17, 15) is 10.2 Å². The summed E-state index contributed by atoms with van der Waals surface area (Å²) in [7, 11) is 0. The summed E-state index contributed by atoms with van der Waals surface area (Å²) < 4.78 is 0.783. The average Bonchev–Trinajstić information content (AvgIpc) is 2.59. The van der Waals surface area contributed by atoms with Crippen LogP contribution in [0.4, 0.5) is 0 Å². The molecule has 0 amide bonds. The molecular weight excluding hydrogens is 376 g/mol. The third-order valence-electron chi connectivity index (χ3n) is 6.16. The van der Waals surface area contributed by atoms with Gasteiger partial charge in [0.2, 0.25) is 0 Å². The first kappa shape index (κ1) is 18.6. The van der Waals surface area contributed by atoms with E-state index in [1.165, 1.54) is 5.57 Å². The Morgan fingerprint density at radius 3 is 2.56 bits per heavy atom. The SMILES string of the molecule is C=C(C)[C@@H]1CCC(C)=C[C@H]1c1c(O)c(Br)c2c(c1O)[C@H](CC)CCC2. The maximum atomic E-state index is 11.2. The van der Waals surface area contributed by atoms with Crippen LogP contribution in [0.3, 0.4) is 0 Å². The molecule has 1 aromatic rings. The second-order valence-corrected chi connectivity index (χ2v) is 8.64. The van der Waals surface area contributed by atoms with Gasteiger partial charge in [0.25, 0.3) is 0 Å². The Kier molecular flexibility index (Phi) is 5.34. The van der Waals surface area contributed by atoms with E-state index in [2.05, 4.69) is 49.4 Å². The predicted octanol–water partition coefficient (Wildman–Crippen LogP) is 6.71. The number of phenols is 2. The number of phenolic OH excluding ortho intramolecular Hbond substituents is 2. The summed E-state index contributed by atoms with van der Waals surface area (Å²) in [4.78, 5) is 0. The van der Waals surface area contributed by atoms with E-state index >= 15 is 0 Å². The average molecular weight is 405 g/mol. The van der Waals surface area contributed by atoms with Gasteiger partial charge in [-0.2, -0.15) is 0 Å². The fourth-order valence-corrected chi connectivity index (χ4v) is 5.39.